The van der Waals surface area contributed by atoms with E-state index in [1.807, 2.05) is 13.8 Å². The van der Waals surface area contributed by atoms with Gasteiger partial charge >= 0.3 is 5.97 Å². The molecule has 0 saturated carbocycles. The van der Waals surface area contributed by atoms with Gasteiger partial charge in [0.05, 0.1) is 12.0 Å². The highest BCUT2D eigenvalue weighted by Gasteiger charge is 2.15. The summed E-state index contributed by atoms with van der Waals surface area (Å²) in [4.78, 5) is 22.1. The Morgan fingerprint density at radius 3 is 2.35 bits per heavy atom. The molecule has 5 nitrogen and oxygen atoms in total. The molecule has 0 fully saturated rings. The molecule has 100 valence electrons. The average molecular weight is 244 g/mol. The minimum atomic E-state index is -0.798. The molecule has 4 N–H and O–H groups in total. The Morgan fingerprint density at radius 1 is 1.29 bits per heavy atom. The van der Waals surface area contributed by atoms with E-state index >= 15 is 0 Å². The van der Waals surface area contributed by atoms with Crippen molar-refractivity contribution < 1.29 is 14.7 Å². The first-order valence-electron chi connectivity index (χ1n) is 6.10. The van der Waals surface area contributed by atoms with E-state index in [2.05, 4.69) is 5.32 Å². The topological polar surface area (TPSA) is 92.4 Å². The van der Waals surface area contributed by atoms with E-state index in [9.17, 15) is 9.59 Å². The number of hydrogen-bond acceptors (Lipinski definition) is 3. The zero-order chi connectivity index (χ0) is 13.4. The van der Waals surface area contributed by atoms with Crippen LogP contribution in [0.5, 0.6) is 0 Å². The fourth-order valence-electron chi connectivity index (χ4n) is 1.49. The summed E-state index contributed by atoms with van der Waals surface area (Å²) in [6.45, 7) is 6.18. The number of carboxylic acids is 1. The summed E-state index contributed by atoms with van der Waals surface area (Å²) in [6.07, 6.45) is 1.89. The maximum absolute atomic E-state index is 11.5. The number of nitrogens with one attached hydrogen (secondary N) is 1. The highest BCUT2D eigenvalue weighted by atomic mass is 16.4. The van der Waals surface area contributed by atoms with Gasteiger partial charge < -0.3 is 16.2 Å². The molecular weight excluding hydrogens is 220 g/mol. The number of carboxylic acid groups (broad SMARTS) is 1. The third-order valence-electron chi connectivity index (χ3n) is 2.60. The molecule has 1 amide bonds. The van der Waals surface area contributed by atoms with Crippen LogP contribution < -0.4 is 11.1 Å². The predicted octanol–water partition coefficient (Wildman–Crippen LogP) is 0.977. The van der Waals surface area contributed by atoms with Gasteiger partial charge in [0.15, 0.2) is 0 Å². The van der Waals surface area contributed by atoms with Crippen LogP contribution in [0.3, 0.4) is 0 Å². The quantitative estimate of drug-likeness (QED) is 0.555. The second-order valence-electron chi connectivity index (χ2n) is 4.91. The third kappa shape index (κ3) is 7.74. The molecule has 0 spiro atoms. The number of amides is 1. The Hall–Kier alpha value is -1.10. The monoisotopic (exact) mass is 244 g/mol. The molecule has 0 aliphatic rings. The summed E-state index contributed by atoms with van der Waals surface area (Å²) >= 11 is 0. The Labute approximate surface area is 103 Å². The Kier molecular flexibility index (Phi) is 7.54. The summed E-state index contributed by atoms with van der Waals surface area (Å²) in [5.74, 6) is -0.923. The summed E-state index contributed by atoms with van der Waals surface area (Å²) in [7, 11) is 0. The summed E-state index contributed by atoms with van der Waals surface area (Å²) in [5, 5.41) is 11.4. The molecule has 0 rings (SSSR count). The van der Waals surface area contributed by atoms with Crippen LogP contribution in [0, 0.1) is 11.8 Å². The molecule has 0 radical (unpaired) electrons. The predicted molar refractivity (Wildman–Crippen MR) is 66.5 cm³/mol. The minimum Gasteiger partial charge on any atom is -0.481 e. The number of nitrogens with two attached hydrogens (primary N) is 1. The SMILES string of the molecule is CC(C)C[C@H](N)C(=O)NCCCC(C)C(=O)O. The fraction of sp³-hybridized carbons (Fsp3) is 0.833. The molecule has 0 saturated heterocycles. The van der Waals surface area contributed by atoms with Gasteiger partial charge in [0.2, 0.25) is 5.91 Å². The van der Waals surface area contributed by atoms with Crippen molar-refractivity contribution in [2.75, 3.05) is 6.54 Å². The first-order valence-corrected chi connectivity index (χ1v) is 6.10. The van der Waals surface area contributed by atoms with Crippen molar-refractivity contribution in [3.63, 3.8) is 0 Å². The van der Waals surface area contributed by atoms with Crippen LogP contribution in [-0.4, -0.2) is 29.6 Å². The molecule has 0 aromatic heterocycles. The van der Waals surface area contributed by atoms with Gasteiger partial charge in [-0.3, -0.25) is 9.59 Å². The van der Waals surface area contributed by atoms with Crippen LogP contribution in [0.1, 0.15) is 40.0 Å². The highest BCUT2D eigenvalue weighted by Crippen LogP contribution is 2.05. The van der Waals surface area contributed by atoms with Gasteiger partial charge in [-0.1, -0.05) is 20.8 Å². The number of hydrogen-bond donors (Lipinski definition) is 3. The van der Waals surface area contributed by atoms with Gasteiger partial charge in [-0.2, -0.15) is 0 Å². The lowest BCUT2D eigenvalue weighted by atomic mass is 10.0. The molecule has 0 aromatic carbocycles. The first-order chi connectivity index (χ1) is 7.84. The van der Waals surface area contributed by atoms with Crippen molar-refractivity contribution in [1.29, 1.82) is 0 Å². The fourth-order valence-corrected chi connectivity index (χ4v) is 1.49. The zero-order valence-electron chi connectivity index (χ0n) is 10.9. The summed E-state index contributed by atoms with van der Waals surface area (Å²) < 4.78 is 0. The van der Waals surface area contributed by atoms with Crippen LogP contribution in [0.15, 0.2) is 0 Å². The zero-order valence-corrected chi connectivity index (χ0v) is 10.9. The van der Waals surface area contributed by atoms with E-state index in [1.54, 1.807) is 6.92 Å². The normalized spacial score (nSPS) is 14.4. The van der Waals surface area contributed by atoms with Crippen molar-refractivity contribution in [3.8, 4) is 0 Å². The number of aliphatic carboxylic acids is 1. The number of carbonyl (C=O) groups is 2. The summed E-state index contributed by atoms with van der Waals surface area (Å²) in [5.41, 5.74) is 5.70. The van der Waals surface area contributed by atoms with Crippen molar-refractivity contribution in [1.82, 2.24) is 5.32 Å². The Morgan fingerprint density at radius 2 is 1.88 bits per heavy atom. The van der Waals surface area contributed by atoms with Crippen molar-refractivity contribution in [2.45, 2.75) is 46.1 Å². The van der Waals surface area contributed by atoms with Crippen molar-refractivity contribution in [3.05, 3.63) is 0 Å². The molecule has 1 unspecified atom stereocenters. The smallest absolute Gasteiger partial charge is 0.306 e. The van der Waals surface area contributed by atoms with Crippen LogP contribution in [0.4, 0.5) is 0 Å². The lowest BCUT2D eigenvalue weighted by Crippen LogP contribution is -2.41. The van der Waals surface area contributed by atoms with Gasteiger partial charge in [0.25, 0.3) is 0 Å². The molecule has 0 bridgehead atoms. The molecule has 17 heavy (non-hydrogen) atoms. The van der Waals surface area contributed by atoms with Gasteiger partial charge in [-0.15, -0.1) is 0 Å². The average Bonchev–Trinajstić information content (AvgIpc) is 2.22. The van der Waals surface area contributed by atoms with E-state index in [0.29, 0.717) is 31.7 Å². The Balaban J connectivity index is 3.68. The third-order valence-corrected chi connectivity index (χ3v) is 2.60. The van der Waals surface area contributed by atoms with Gasteiger partial charge in [0.1, 0.15) is 0 Å². The molecule has 0 heterocycles. The lowest BCUT2D eigenvalue weighted by Gasteiger charge is -2.14. The van der Waals surface area contributed by atoms with Crippen LogP contribution >= 0.6 is 0 Å². The van der Waals surface area contributed by atoms with Gasteiger partial charge in [-0.05, 0) is 25.2 Å². The van der Waals surface area contributed by atoms with Crippen LogP contribution in [0.2, 0.25) is 0 Å². The van der Waals surface area contributed by atoms with Gasteiger partial charge in [0, 0.05) is 6.54 Å². The molecule has 0 aliphatic heterocycles. The largest absolute Gasteiger partial charge is 0.481 e. The standard InChI is InChI=1S/C12H24N2O3/c1-8(2)7-10(13)11(15)14-6-4-5-9(3)12(16)17/h8-10H,4-7,13H2,1-3H3,(H,14,15)(H,16,17)/t9?,10-/m0/s1. The lowest BCUT2D eigenvalue weighted by molar-refractivity contribution is -0.141. The molecular formula is C12H24N2O3. The Bertz CT molecular complexity index is 254. The summed E-state index contributed by atoms with van der Waals surface area (Å²) in [6, 6.07) is -0.466. The van der Waals surface area contributed by atoms with E-state index in [1.165, 1.54) is 0 Å². The molecule has 5 heteroatoms. The second kappa shape index (κ2) is 8.06. The highest BCUT2D eigenvalue weighted by molar-refractivity contribution is 5.81. The minimum absolute atomic E-state index is 0.151. The van der Waals surface area contributed by atoms with E-state index < -0.39 is 12.0 Å². The van der Waals surface area contributed by atoms with Crippen molar-refractivity contribution in [2.24, 2.45) is 17.6 Å². The molecule has 0 aromatic rings. The van der Waals surface area contributed by atoms with E-state index in [-0.39, 0.29) is 11.8 Å². The maximum Gasteiger partial charge on any atom is 0.306 e. The number of carbonyl (C=O) groups excluding carboxylic acids is 1. The van der Waals surface area contributed by atoms with E-state index in [0.717, 1.165) is 0 Å². The second-order valence-corrected chi connectivity index (χ2v) is 4.91. The van der Waals surface area contributed by atoms with Crippen LogP contribution in [0.25, 0.3) is 0 Å². The molecule has 0 aliphatic carbocycles. The van der Waals surface area contributed by atoms with E-state index in [4.69, 9.17) is 10.8 Å². The van der Waals surface area contributed by atoms with Crippen LogP contribution in [-0.2, 0) is 9.59 Å². The van der Waals surface area contributed by atoms with Crippen molar-refractivity contribution >= 4 is 11.9 Å². The van der Waals surface area contributed by atoms with Gasteiger partial charge in [-0.25, -0.2) is 0 Å². The first kappa shape index (κ1) is 15.9. The molecule has 2 atom stereocenters. The number of rotatable bonds is 8. The maximum atomic E-state index is 11.5.